The van der Waals surface area contributed by atoms with Crippen LogP contribution in [0.4, 0.5) is 0 Å². The molecule has 3 heterocycles. The Hall–Kier alpha value is -0.810. The van der Waals surface area contributed by atoms with Gasteiger partial charge < -0.3 is 15.5 Å². The first-order valence-electron chi connectivity index (χ1n) is 9.51. The smallest absolute Gasteiger partial charge is 0.222 e. The van der Waals surface area contributed by atoms with Crippen molar-refractivity contribution in [2.75, 3.05) is 19.6 Å². The van der Waals surface area contributed by atoms with Gasteiger partial charge >= 0.3 is 0 Å². The fourth-order valence-corrected chi connectivity index (χ4v) is 4.45. The van der Waals surface area contributed by atoms with Gasteiger partial charge in [0.15, 0.2) is 0 Å². The van der Waals surface area contributed by atoms with E-state index in [-0.39, 0.29) is 18.3 Å². The van der Waals surface area contributed by atoms with Gasteiger partial charge in [-0.3, -0.25) is 9.59 Å². The standard InChI is InChI=1S/C18H31N3O2.ClH/c22-17(13-14-11-15-6-7-16(12-14)20-15)19-8-4-10-21-9-3-1-2-5-18(21)23;/h14-16,20H,1-13H2,(H,19,22);1H. The molecule has 2 bridgehead atoms. The highest BCUT2D eigenvalue weighted by atomic mass is 35.5. The van der Waals surface area contributed by atoms with Crippen molar-refractivity contribution in [1.82, 2.24) is 15.5 Å². The molecule has 0 aliphatic carbocycles. The SMILES string of the molecule is Cl.O=C(CC1CC2CCC(C1)N2)NCCCN1CCCCCC1=O. The second-order valence-corrected chi connectivity index (χ2v) is 7.57. The summed E-state index contributed by atoms with van der Waals surface area (Å²) in [5, 5.41) is 6.68. The Morgan fingerprint density at radius 3 is 2.67 bits per heavy atom. The molecule has 2 unspecified atom stereocenters. The molecule has 24 heavy (non-hydrogen) atoms. The molecule has 3 saturated heterocycles. The van der Waals surface area contributed by atoms with Crippen molar-refractivity contribution in [2.45, 2.75) is 76.3 Å². The molecule has 0 aromatic heterocycles. The summed E-state index contributed by atoms with van der Waals surface area (Å²) in [6, 6.07) is 1.31. The van der Waals surface area contributed by atoms with Gasteiger partial charge in [0.05, 0.1) is 0 Å². The molecule has 0 spiro atoms. The third-order valence-corrected chi connectivity index (χ3v) is 5.64. The molecule has 138 valence electrons. The molecule has 2 atom stereocenters. The van der Waals surface area contributed by atoms with Gasteiger partial charge in [0.2, 0.25) is 11.8 Å². The van der Waals surface area contributed by atoms with E-state index in [1.54, 1.807) is 0 Å². The predicted molar refractivity (Wildman–Crippen MR) is 97.2 cm³/mol. The average molecular weight is 358 g/mol. The minimum absolute atomic E-state index is 0. The number of hydrogen-bond donors (Lipinski definition) is 2. The molecular weight excluding hydrogens is 326 g/mol. The topological polar surface area (TPSA) is 61.4 Å². The van der Waals surface area contributed by atoms with E-state index in [2.05, 4.69) is 10.6 Å². The third-order valence-electron chi connectivity index (χ3n) is 5.64. The lowest BCUT2D eigenvalue weighted by Gasteiger charge is -2.28. The highest BCUT2D eigenvalue weighted by Crippen LogP contribution is 2.32. The summed E-state index contributed by atoms with van der Waals surface area (Å²) < 4.78 is 0. The molecule has 0 aromatic carbocycles. The van der Waals surface area contributed by atoms with Crippen LogP contribution < -0.4 is 10.6 Å². The Bertz CT molecular complexity index is 420. The van der Waals surface area contributed by atoms with Crippen LogP contribution in [0.2, 0.25) is 0 Å². The van der Waals surface area contributed by atoms with Crippen molar-refractivity contribution in [3.8, 4) is 0 Å². The molecule has 3 fully saturated rings. The van der Waals surface area contributed by atoms with E-state index in [9.17, 15) is 9.59 Å². The first-order valence-corrected chi connectivity index (χ1v) is 9.51. The van der Waals surface area contributed by atoms with Crippen LogP contribution in [-0.4, -0.2) is 48.4 Å². The van der Waals surface area contributed by atoms with E-state index < -0.39 is 0 Å². The number of amides is 2. The van der Waals surface area contributed by atoms with Crippen LogP contribution in [0.15, 0.2) is 0 Å². The normalized spacial score (nSPS) is 29.8. The molecule has 2 amide bonds. The van der Waals surface area contributed by atoms with E-state index in [0.29, 0.717) is 43.3 Å². The monoisotopic (exact) mass is 357 g/mol. The van der Waals surface area contributed by atoms with Crippen molar-refractivity contribution in [3.63, 3.8) is 0 Å². The second kappa shape index (κ2) is 9.62. The lowest BCUT2D eigenvalue weighted by molar-refractivity contribution is -0.130. The first-order chi connectivity index (χ1) is 11.2. The zero-order valence-corrected chi connectivity index (χ0v) is 15.4. The Kier molecular flexibility index (Phi) is 7.82. The van der Waals surface area contributed by atoms with Gasteiger partial charge in [-0.25, -0.2) is 0 Å². The first kappa shape index (κ1) is 19.5. The van der Waals surface area contributed by atoms with Gasteiger partial charge in [-0.1, -0.05) is 6.42 Å². The largest absolute Gasteiger partial charge is 0.356 e. The molecule has 0 radical (unpaired) electrons. The molecule has 3 aliphatic heterocycles. The quantitative estimate of drug-likeness (QED) is 0.717. The maximum atomic E-state index is 12.1. The van der Waals surface area contributed by atoms with Crippen LogP contribution >= 0.6 is 12.4 Å². The Labute approximate surface area is 151 Å². The van der Waals surface area contributed by atoms with Crippen LogP contribution in [0.25, 0.3) is 0 Å². The summed E-state index contributed by atoms with van der Waals surface area (Å²) in [5.74, 6) is 1.04. The Balaban J connectivity index is 0.00000208. The number of likely N-dealkylation sites (tertiary alicyclic amines) is 1. The number of rotatable bonds is 6. The van der Waals surface area contributed by atoms with Gasteiger partial charge in [0.25, 0.3) is 0 Å². The van der Waals surface area contributed by atoms with E-state index in [4.69, 9.17) is 0 Å². The second-order valence-electron chi connectivity index (χ2n) is 7.57. The predicted octanol–water partition coefficient (Wildman–Crippen LogP) is 2.24. The number of piperidine rings is 1. The summed E-state index contributed by atoms with van der Waals surface area (Å²) >= 11 is 0. The molecule has 5 nitrogen and oxygen atoms in total. The lowest BCUT2D eigenvalue weighted by Crippen LogP contribution is -2.40. The molecule has 3 aliphatic rings. The Morgan fingerprint density at radius 2 is 1.92 bits per heavy atom. The van der Waals surface area contributed by atoms with Crippen molar-refractivity contribution in [2.24, 2.45) is 5.92 Å². The summed E-state index contributed by atoms with van der Waals surface area (Å²) in [6.07, 6.45) is 10.5. The lowest BCUT2D eigenvalue weighted by atomic mass is 9.89. The number of halogens is 1. The molecule has 3 rings (SSSR count). The summed E-state index contributed by atoms with van der Waals surface area (Å²) in [6.45, 7) is 2.38. The zero-order chi connectivity index (χ0) is 16.1. The minimum atomic E-state index is 0. The molecule has 0 saturated carbocycles. The van der Waals surface area contributed by atoms with Gasteiger partial charge in [-0.2, -0.15) is 0 Å². The number of nitrogens with one attached hydrogen (secondary N) is 2. The maximum absolute atomic E-state index is 12.1. The van der Waals surface area contributed by atoms with Crippen molar-refractivity contribution in [3.05, 3.63) is 0 Å². The van der Waals surface area contributed by atoms with Gasteiger partial charge in [0, 0.05) is 44.6 Å². The van der Waals surface area contributed by atoms with Crippen LogP contribution in [0, 0.1) is 5.92 Å². The van der Waals surface area contributed by atoms with Crippen LogP contribution in [-0.2, 0) is 9.59 Å². The van der Waals surface area contributed by atoms with Crippen molar-refractivity contribution in [1.29, 1.82) is 0 Å². The van der Waals surface area contributed by atoms with Crippen LogP contribution in [0.5, 0.6) is 0 Å². The van der Waals surface area contributed by atoms with Gasteiger partial charge in [0.1, 0.15) is 0 Å². The minimum Gasteiger partial charge on any atom is -0.356 e. The highest BCUT2D eigenvalue weighted by molar-refractivity contribution is 5.85. The zero-order valence-electron chi connectivity index (χ0n) is 14.6. The maximum Gasteiger partial charge on any atom is 0.222 e. The fourth-order valence-electron chi connectivity index (χ4n) is 4.45. The number of carbonyl (C=O) groups is 2. The average Bonchev–Trinajstić information content (AvgIpc) is 2.74. The fraction of sp³-hybridized carbons (Fsp3) is 0.889. The van der Waals surface area contributed by atoms with Gasteiger partial charge in [-0.15, -0.1) is 12.4 Å². The number of hydrogen-bond acceptors (Lipinski definition) is 3. The Morgan fingerprint density at radius 1 is 1.17 bits per heavy atom. The van der Waals surface area contributed by atoms with E-state index in [0.717, 1.165) is 51.6 Å². The molecule has 6 heteroatoms. The number of carbonyl (C=O) groups excluding carboxylic acids is 2. The van der Waals surface area contributed by atoms with Gasteiger partial charge in [-0.05, 0) is 50.9 Å². The molecule has 2 N–H and O–H groups in total. The van der Waals surface area contributed by atoms with Crippen LogP contribution in [0.1, 0.15) is 64.2 Å². The van der Waals surface area contributed by atoms with E-state index in [1.165, 1.54) is 12.8 Å². The highest BCUT2D eigenvalue weighted by Gasteiger charge is 2.34. The summed E-state index contributed by atoms with van der Waals surface area (Å²) in [4.78, 5) is 26.0. The van der Waals surface area contributed by atoms with E-state index >= 15 is 0 Å². The van der Waals surface area contributed by atoms with Crippen LogP contribution in [0.3, 0.4) is 0 Å². The van der Waals surface area contributed by atoms with Crippen molar-refractivity contribution >= 4 is 24.2 Å². The summed E-state index contributed by atoms with van der Waals surface area (Å²) in [5.41, 5.74) is 0. The molecule has 0 aromatic rings. The number of nitrogens with zero attached hydrogens (tertiary/aromatic N) is 1. The van der Waals surface area contributed by atoms with Crippen molar-refractivity contribution < 1.29 is 9.59 Å². The molecular formula is C18H32ClN3O2. The third kappa shape index (κ3) is 5.62. The van der Waals surface area contributed by atoms with E-state index in [1.807, 2.05) is 4.90 Å². The number of fused-ring (bicyclic) bond motifs is 2. The summed E-state index contributed by atoms with van der Waals surface area (Å²) in [7, 11) is 0.